The predicted octanol–water partition coefficient (Wildman–Crippen LogP) is -0.116. The van der Waals surface area contributed by atoms with Crippen molar-refractivity contribution in [3.05, 3.63) is 40.6 Å². The molecule has 14 nitrogen and oxygen atoms in total. The molecule has 4 amide bonds. The highest BCUT2D eigenvalue weighted by atomic mass is 16.2. The quantitative estimate of drug-likeness (QED) is 0.179. The van der Waals surface area contributed by atoms with E-state index in [0.29, 0.717) is 11.8 Å². The van der Waals surface area contributed by atoms with E-state index in [-0.39, 0.29) is 42.7 Å². The highest BCUT2D eigenvalue weighted by Crippen LogP contribution is 2.43. The van der Waals surface area contributed by atoms with Gasteiger partial charge in [0, 0.05) is 39.0 Å². The highest BCUT2D eigenvalue weighted by molar-refractivity contribution is 6.36. The normalized spacial score (nSPS) is 23.3. The molecule has 4 rings (SSSR count). The fraction of sp³-hybridized carbons (Fsp3) is 0.586. The van der Waals surface area contributed by atoms with Crippen molar-refractivity contribution in [2.45, 2.75) is 76.9 Å². The van der Waals surface area contributed by atoms with Crippen molar-refractivity contribution in [1.82, 2.24) is 36.5 Å². The number of fused-ring (bicyclic) bond motifs is 2. The summed E-state index contributed by atoms with van der Waals surface area (Å²) in [5, 5.41) is 11.9. The molecule has 2 heterocycles. The van der Waals surface area contributed by atoms with Crippen molar-refractivity contribution in [2.24, 2.45) is 17.8 Å². The minimum atomic E-state index is -1.25. The molecule has 43 heavy (non-hydrogen) atoms. The number of pyridine rings is 1. The van der Waals surface area contributed by atoms with Gasteiger partial charge in [0.15, 0.2) is 0 Å². The van der Waals surface area contributed by atoms with E-state index in [1.54, 1.807) is 13.1 Å². The first-order valence-corrected chi connectivity index (χ1v) is 14.9. The Bertz CT molecular complexity index is 1320. The molecule has 3 aliphatic rings. The summed E-state index contributed by atoms with van der Waals surface area (Å²) in [6, 6.07) is 1.79. The molecule has 4 unspecified atom stereocenters. The van der Waals surface area contributed by atoms with Crippen LogP contribution >= 0.6 is 0 Å². The van der Waals surface area contributed by atoms with Crippen LogP contribution in [-0.4, -0.2) is 65.2 Å². The number of likely N-dealkylation sites (N-methyl/N-ethyl adjacent to an activating group) is 2. The summed E-state index contributed by atoms with van der Waals surface area (Å²) in [5.41, 5.74) is 4.84. The van der Waals surface area contributed by atoms with Crippen molar-refractivity contribution in [3.63, 3.8) is 0 Å². The molecule has 0 radical (unpaired) electrons. The van der Waals surface area contributed by atoms with Gasteiger partial charge in [-0.3, -0.25) is 33.8 Å². The molecule has 14 heteroatoms. The van der Waals surface area contributed by atoms with E-state index in [1.165, 1.54) is 47.9 Å². The maximum Gasteiger partial charge on any atom is 0.287 e. The van der Waals surface area contributed by atoms with Crippen LogP contribution in [0.2, 0.25) is 0 Å². The molecule has 0 spiro atoms. The number of Topliss-reactive ketones (excluding diaryl/α,β-unsaturated/α-hetero) is 1. The molecule has 2 bridgehead atoms. The molecule has 6 N–H and O–H groups in total. The van der Waals surface area contributed by atoms with E-state index in [9.17, 15) is 28.8 Å². The fourth-order valence-electron chi connectivity index (χ4n) is 6.45. The summed E-state index contributed by atoms with van der Waals surface area (Å²) in [5.74, 6) is -1.59. The van der Waals surface area contributed by atoms with E-state index in [0.717, 1.165) is 31.6 Å². The number of hydrazine groups is 2. The van der Waals surface area contributed by atoms with Crippen LogP contribution in [0, 0.1) is 17.8 Å². The van der Waals surface area contributed by atoms with Crippen molar-refractivity contribution in [3.8, 4) is 0 Å². The second kappa shape index (κ2) is 14.3. The summed E-state index contributed by atoms with van der Waals surface area (Å²) in [4.78, 5) is 76.3. The smallest absolute Gasteiger partial charge is 0.287 e. The van der Waals surface area contributed by atoms with Crippen LogP contribution in [0.15, 0.2) is 35.0 Å². The zero-order chi connectivity index (χ0) is 31.1. The van der Waals surface area contributed by atoms with E-state index < -0.39 is 35.1 Å². The number of aromatic nitrogens is 1. The van der Waals surface area contributed by atoms with Gasteiger partial charge in [0.1, 0.15) is 24.0 Å². The lowest BCUT2D eigenvalue weighted by Crippen LogP contribution is -2.51. The van der Waals surface area contributed by atoms with Crippen LogP contribution in [0.25, 0.3) is 0 Å². The molecule has 1 aromatic rings. The molecule has 0 saturated heterocycles. The van der Waals surface area contributed by atoms with E-state index in [4.69, 9.17) is 0 Å². The number of anilines is 1. The Balaban J connectivity index is 1.43. The molecule has 234 valence electrons. The number of nitrogens with zero attached hydrogens (tertiary/aromatic N) is 2. The Morgan fingerprint density at radius 3 is 2.63 bits per heavy atom. The number of amides is 4. The van der Waals surface area contributed by atoms with Gasteiger partial charge in [-0.25, -0.2) is 0 Å². The summed E-state index contributed by atoms with van der Waals surface area (Å²) in [6.45, 7) is 1.95. The zero-order valence-corrected chi connectivity index (χ0v) is 24.9. The third kappa shape index (κ3) is 7.80. The zero-order valence-electron chi connectivity index (χ0n) is 24.9. The number of ketones is 1. The molecule has 2 saturated carbocycles. The van der Waals surface area contributed by atoms with Gasteiger partial charge in [-0.15, -0.1) is 5.53 Å². The Labute approximate surface area is 250 Å². The summed E-state index contributed by atoms with van der Waals surface area (Å²) >= 11 is 0. The van der Waals surface area contributed by atoms with E-state index in [1.807, 2.05) is 0 Å². The van der Waals surface area contributed by atoms with Crippen LogP contribution in [-0.2, 0) is 30.5 Å². The lowest BCUT2D eigenvalue weighted by Gasteiger charge is -2.45. The summed E-state index contributed by atoms with van der Waals surface area (Å²) < 4.78 is 1.23. The van der Waals surface area contributed by atoms with E-state index >= 15 is 0 Å². The van der Waals surface area contributed by atoms with Crippen LogP contribution < -0.4 is 37.8 Å². The van der Waals surface area contributed by atoms with E-state index in [2.05, 4.69) is 39.2 Å². The van der Waals surface area contributed by atoms with Gasteiger partial charge < -0.3 is 31.3 Å². The molecule has 5 atom stereocenters. The standard InChI is InChI=1S/C29H42N8O6/c1-4-18-13-17-7-5-8-19(14-17)25(18)34-24(39)16-37-12-6-9-21(29(37)43)33-26(40)20(10-11-23(38)28(42)30-2)32-27(41)22-15-31-35-36(22)3/h6,9,12,15,17-20,25,31,35H,4-5,7-8,10-11,13-14,16H2,1-3H3,(H,30,42)(H,32,41)(H,33,40)(H,34,39)/t17?,18?,19?,20-,25?/m0/s1. The Hall–Kier alpha value is -4.20. The topological polar surface area (TPSA) is 183 Å². The number of carbonyl (C=O) groups excluding carboxylic acids is 5. The van der Waals surface area contributed by atoms with Crippen LogP contribution in [0.4, 0.5) is 5.69 Å². The minimum Gasteiger partial charge on any atom is -0.353 e. The Kier molecular flexibility index (Phi) is 10.6. The maximum atomic E-state index is 13.3. The average molecular weight is 599 g/mol. The van der Waals surface area contributed by atoms with Crippen molar-refractivity contribution in [2.75, 3.05) is 19.4 Å². The number of hydrogen-bond donors (Lipinski definition) is 6. The number of carbonyl (C=O) groups is 5. The molecule has 2 fully saturated rings. The van der Waals surface area contributed by atoms with Crippen LogP contribution in [0.1, 0.15) is 58.3 Å². The summed E-state index contributed by atoms with van der Waals surface area (Å²) in [7, 11) is 2.90. The van der Waals surface area contributed by atoms with Gasteiger partial charge in [0.2, 0.25) is 17.6 Å². The van der Waals surface area contributed by atoms with Gasteiger partial charge in [-0.05, 0) is 55.6 Å². The first-order valence-electron chi connectivity index (χ1n) is 14.9. The lowest BCUT2D eigenvalue weighted by molar-refractivity contribution is -0.137. The second-order valence-corrected chi connectivity index (χ2v) is 11.5. The number of nitrogens with one attached hydrogen (secondary N) is 6. The highest BCUT2D eigenvalue weighted by Gasteiger charge is 2.39. The first-order chi connectivity index (χ1) is 20.6. The first kappa shape index (κ1) is 31.7. The van der Waals surface area contributed by atoms with Crippen molar-refractivity contribution < 1.29 is 24.0 Å². The lowest BCUT2D eigenvalue weighted by atomic mass is 9.64. The molecule has 2 aliphatic carbocycles. The van der Waals surface area contributed by atoms with Gasteiger partial charge in [-0.2, -0.15) is 0 Å². The molecule has 0 aromatic carbocycles. The Morgan fingerprint density at radius 2 is 1.93 bits per heavy atom. The monoisotopic (exact) mass is 598 g/mol. The third-order valence-electron chi connectivity index (χ3n) is 8.72. The Morgan fingerprint density at radius 1 is 1.14 bits per heavy atom. The van der Waals surface area contributed by atoms with Gasteiger partial charge in [-0.1, -0.05) is 26.2 Å². The van der Waals surface area contributed by atoms with Crippen molar-refractivity contribution >= 4 is 35.1 Å². The predicted molar refractivity (Wildman–Crippen MR) is 157 cm³/mol. The minimum absolute atomic E-state index is 0.0862. The van der Waals surface area contributed by atoms with Crippen LogP contribution in [0.3, 0.4) is 0 Å². The second-order valence-electron chi connectivity index (χ2n) is 11.5. The fourth-order valence-corrected chi connectivity index (χ4v) is 6.45. The average Bonchev–Trinajstić information content (AvgIpc) is 3.43. The van der Waals surface area contributed by atoms with Crippen molar-refractivity contribution in [1.29, 1.82) is 0 Å². The van der Waals surface area contributed by atoms with Gasteiger partial charge in [0.25, 0.3) is 17.4 Å². The largest absolute Gasteiger partial charge is 0.353 e. The van der Waals surface area contributed by atoms with Gasteiger partial charge >= 0.3 is 0 Å². The maximum absolute atomic E-state index is 13.3. The third-order valence-corrected chi connectivity index (χ3v) is 8.72. The SMILES string of the molecule is CCC1CC2CCCC(C2)C1NC(=O)Cn1cccc(NC(=O)[C@H](CCC(=O)C(=O)NC)NC(=O)C2=CNNN2C)c1=O. The molecular weight excluding hydrogens is 556 g/mol. The summed E-state index contributed by atoms with van der Waals surface area (Å²) in [6.07, 6.45) is 9.17. The van der Waals surface area contributed by atoms with Crippen LogP contribution in [0.5, 0.6) is 0 Å². The molecule has 1 aromatic heterocycles. The molecular formula is C29H42N8O6. The van der Waals surface area contributed by atoms with Gasteiger partial charge in [0.05, 0.1) is 0 Å². The molecule has 1 aliphatic heterocycles. The number of rotatable bonds is 12. The number of hydrogen-bond acceptors (Lipinski definition) is 9.